The molecule has 0 fully saturated rings. The molecule has 0 spiro atoms. The molecule has 3 N–H and O–H groups in total. The van der Waals surface area contributed by atoms with Crippen molar-refractivity contribution in [1.29, 1.82) is 0 Å². The summed E-state index contributed by atoms with van der Waals surface area (Å²) < 4.78 is 43.2. The molecule has 0 atom stereocenters. The van der Waals surface area contributed by atoms with Crippen LogP contribution in [0.1, 0.15) is 15.9 Å². The number of amides is 1. The second kappa shape index (κ2) is 8.21. The van der Waals surface area contributed by atoms with Crippen LogP contribution in [0.3, 0.4) is 0 Å². The van der Waals surface area contributed by atoms with Gasteiger partial charge in [0.25, 0.3) is 0 Å². The summed E-state index contributed by atoms with van der Waals surface area (Å²) in [6.45, 7) is 2.78. The number of rotatable bonds is 6. The number of aromatic carboxylic acids is 1. The first-order valence-corrected chi connectivity index (χ1v) is 8.19. The number of carbonyl (C=O) groups excluding carboxylic acids is 1. The van der Waals surface area contributed by atoms with Gasteiger partial charge in [0.1, 0.15) is 5.82 Å². The molecule has 9 heteroatoms. The van der Waals surface area contributed by atoms with E-state index >= 15 is 0 Å². The first kappa shape index (κ1) is 19.8. The molecule has 0 saturated heterocycles. The van der Waals surface area contributed by atoms with E-state index in [0.717, 1.165) is 18.2 Å². The first-order valence-electron chi connectivity index (χ1n) is 7.11. The smallest absolute Gasteiger partial charge is 0.337 e. The molecular weight excluding hydrogens is 464 g/mol. The van der Waals surface area contributed by atoms with E-state index in [4.69, 9.17) is 0 Å². The Morgan fingerprint density at radius 3 is 2.46 bits per heavy atom. The van der Waals surface area contributed by atoms with Crippen molar-refractivity contribution in [2.24, 2.45) is 0 Å². The fourth-order valence-electron chi connectivity index (χ4n) is 2.08. The Morgan fingerprint density at radius 2 is 1.88 bits per heavy atom. The summed E-state index contributed by atoms with van der Waals surface area (Å²) in [6.07, 6.45) is 0.932. The van der Waals surface area contributed by atoms with Gasteiger partial charge in [-0.3, -0.25) is 4.79 Å². The molecule has 0 aromatic heterocycles. The number of hydrogen-bond donors (Lipinski definition) is 3. The monoisotopic (exact) mass is 476 g/mol. The largest absolute Gasteiger partial charge is 0.478 e. The van der Waals surface area contributed by atoms with Gasteiger partial charge in [0.05, 0.1) is 16.9 Å². The zero-order valence-electron chi connectivity index (χ0n) is 13.1. The molecule has 0 unspecified atom stereocenters. The third kappa shape index (κ3) is 4.34. The van der Waals surface area contributed by atoms with Crippen LogP contribution in [0.5, 0.6) is 0 Å². The second-order valence-corrected chi connectivity index (χ2v) is 6.31. The van der Waals surface area contributed by atoms with E-state index in [-0.39, 0.29) is 11.3 Å². The molecule has 2 aromatic carbocycles. The molecule has 0 aliphatic rings. The zero-order valence-corrected chi connectivity index (χ0v) is 15.2. The highest BCUT2D eigenvalue weighted by Gasteiger charge is 2.23. The van der Waals surface area contributed by atoms with Gasteiger partial charge in [-0.2, -0.15) is 0 Å². The molecule has 5 nitrogen and oxygen atoms in total. The first-order chi connectivity index (χ1) is 12.2. The van der Waals surface area contributed by atoms with Crippen LogP contribution in [-0.2, 0) is 11.3 Å². The number of nitrogens with one attached hydrogen (secondary N) is 2. The molecule has 1 amide bonds. The minimum atomic E-state index is -1.55. The van der Waals surface area contributed by atoms with E-state index in [9.17, 15) is 27.9 Å². The quantitative estimate of drug-likeness (QED) is 0.436. The van der Waals surface area contributed by atoms with E-state index in [1.807, 2.05) is 22.6 Å². The van der Waals surface area contributed by atoms with E-state index in [2.05, 4.69) is 17.2 Å². The number of carboxylic acids is 1. The van der Waals surface area contributed by atoms with Gasteiger partial charge in [-0.25, -0.2) is 18.0 Å². The molecule has 2 rings (SSSR count). The van der Waals surface area contributed by atoms with E-state index < -0.39 is 47.1 Å². The van der Waals surface area contributed by atoms with Crippen LogP contribution in [0, 0.1) is 21.0 Å². The predicted octanol–water partition coefficient (Wildman–Crippen LogP) is 3.95. The maximum absolute atomic E-state index is 14.4. The van der Waals surface area contributed by atoms with E-state index in [1.54, 1.807) is 0 Å². The average molecular weight is 476 g/mol. The van der Waals surface area contributed by atoms with Crippen molar-refractivity contribution in [3.8, 4) is 0 Å². The Labute approximate surface area is 160 Å². The Hall–Kier alpha value is -2.56. The highest BCUT2D eigenvalue weighted by molar-refractivity contribution is 14.1. The van der Waals surface area contributed by atoms with Crippen molar-refractivity contribution in [2.45, 2.75) is 6.54 Å². The van der Waals surface area contributed by atoms with Crippen molar-refractivity contribution in [1.82, 2.24) is 5.32 Å². The predicted molar refractivity (Wildman–Crippen MR) is 97.8 cm³/mol. The summed E-state index contributed by atoms with van der Waals surface area (Å²) >= 11 is 1.87. The van der Waals surface area contributed by atoms with Gasteiger partial charge in [0.2, 0.25) is 5.91 Å². The van der Waals surface area contributed by atoms with Crippen LogP contribution < -0.4 is 10.6 Å². The van der Waals surface area contributed by atoms with E-state index in [0.29, 0.717) is 3.57 Å². The van der Waals surface area contributed by atoms with Crippen LogP contribution in [0.4, 0.5) is 24.5 Å². The van der Waals surface area contributed by atoms with E-state index in [1.165, 1.54) is 12.1 Å². The van der Waals surface area contributed by atoms with Gasteiger partial charge in [0, 0.05) is 15.7 Å². The third-order valence-corrected chi connectivity index (χ3v) is 4.01. The molecule has 0 saturated carbocycles. The van der Waals surface area contributed by atoms with Crippen molar-refractivity contribution in [3.05, 3.63) is 69.1 Å². The summed E-state index contributed by atoms with van der Waals surface area (Å²) in [4.78, 5) is 22.6. The lowest BCUT2D eigenvalue weighted by Gasteiger charge is -2.15. The Morgan fingerprint density at radius 1 is 1.19 bits per heavy atom. The van der Waals surface area contributed by atoms with Gasteiger partial charge in [-0.15, -0.1) is 0 Å². The highest BCUT2D eigenvalue weighted by atomic mass is 127. The molecule has 0 radical (unpaired) electrons. The highest BCUT2D eigenvalue weighted by Crippen LogP contribution is 2.30. The topological polar surface area (TPSA) is 78.4 Å². The van der Waals surface area contributed by atoms with Crippen molar-refractivity contribution >= 4 is 45.8 Å². The summed E-state index contributed by atoms with van der Waals surface area (Å²) in [5, 5.41) is 13.8. The minimum absolute atomic E-state index is 0.209. The molecule has 2 aromatic rings. The Bertz CT molecular complexity index is 903. The molecular formula is C17H12F3IN2O3. The number of carboxylic acid groups (broad SMARTS) is 1. The average Bonchev–Trinajstić information content (AvgIpc) is 2.59. The SMILES string of the molecule is C=CC(=O)NCc1cc(C(=O)O)c(Nc2ccc(I)cc2F)c(F)c1F. The maximum atomic E-state index is 14.4. The summed E-state index contributed by atoms with van der Waals surface area (Å²) in [5.41, 5.74) is -1.90. The number of anilines is 2. The zero-order chi connectivity index (χ0) is 19.4. The number of halogens is 4. The summed E-state index contributed by atoms with van der Waals surface area (Å²) in [6, 6.07) is 4.81. The van der Waals surface area contributed by atoms with Crippen molar-refractivity contribution < 1.29 is 27.9 Å². The molecule has 26 heavy (non-hydrogen) atoms. The van der Waals surface area contributed by atoms with Crippen molar-refractivity contribution in [2.75, 3.05) is 5.32 Å². The lowest BCUT2D eigenvalue weighted by molar-refractivity contribution is -0.116. The van der Waals surface area contributed by atoms with Crippen LogP contribution in [0.15, 0.2) is 36.9 Å². The molecule has 0 bridgehead atoms. The molecule has 136 valence electrons. The molecule has 0 heterocycles. The standard InChI is InChI=1S/C17H12F3IN2O3/c1-2-13(24)22-7-8-5-10(17(25)26)16(15(20)14(8)19)23-12-4-3-9(21)6-11(12)18/h2-6,23H,1,7H2,(H,22,24)(H,25,26). The van der Waals surface area contributed by atoms with Gasteiger partial charge in [-0.1, -0.05) is 6.58 Å². The van der Waals surface area contributed by atoms with Crippen LogP contribution in [0.2, 0.25) is 0 Å². The number of carbonyl (C=O) groups is 2. The molecule has 0 aliphatic heterocycles. The minimum Gasteiger partial charge on any atom is -0.478 e. The number of benzene rings is 2. The summed E-state index contributed by atoms with van der Waals surface area (Å²) in [5.74, 6) is -5.78. The maximum Gasteiger partial charge on any atom is 0.337 e. The lowest BCUT2D eigenvalue weighted by Crippen LogP contribution is -2.22. The van der Waals surface area contributed by atoms with Crippen molar-refractivity contribution in [3.63, 3.8) is 0 Å². The Kier molecular flexibility index (Phi) is 6.24. The molecule has 0 aliphatic carbocycles. The number of hydrogen-bond acceptors (Lipinski definition) is 3. The fraction of sp³-hybridized carbons (Fsp3) is 0.0588. The Balaban J connectivity index is 2.48. The third-order valence-electron chi connectivity index (χ3n) is 3.34. The lowest BCUT2D eigenvalue weighted by atomic mass is 10.1. The normalized spacial score (nSPS) is 10.3. The van der Waals surface area contributed by atoms with Gasteiger partial charge >= 0.3 is 5.97 Å². The fourth-order valence-corrected chi connectivity index (χ4v) is 2.53. The van der Waals surface area contributed by atoms with Gasteiger partial charge < -0.3 is 15.7 Å². The van der Waals surface area contributed by atoms with Crippen LogP contribution in [0.25, 0.3) is 0 Å². The van der Waals surface area contributed by atoms with Crippen LogP contribution >= 0.6 is 22.6 Å². The second-order valence-electron chi connectivity index (χ2n) is 5.06. The van der Waals surface area contributed by atoms with Gasteiger partial charge in [0.15, 0.2) is 11.6 Å². The van der Waals surface area contributed by atoms with Crippen LogP contribution in [-0.4, -0.2) is 17.0 Å². The summed E-state index contributed by atoms with van der Waals surface area (Å²) in [7, 11) is 0. The van der Waals surface area contributed by atoms with Gasteiger partial charge in [-0.05, 0) is 52.9 Å².